The summed E-state index contributed by atoms with van der Waals surface area (Å²) in [5.41, 5.74) is 0. The maximum atomic E-state index is 5.96. The van der Waals surface area contributed by atoms with E-state index in [0.29, 0.717) is 5.95 Å². The van der Waals surface area contributed by atoms with Crippen LogP contribution < -0.4 is 10.2 Å². The van der Waals surface area contributed by atoms with Gasteiger partial charge < -0.3 is 10.2 Å². The Labute approximate surface area is 112 Å². The summed E-state index contributed by atoms with van der Waals surface area (Å²) < 4.78 is 0. The van der Waals surface area contributed by atoms with E-state index >= 15 is 0 Å². The molecule has 2 fully saturated rings. The normalized spacial score (nSPS) is 26.4. The molecular weight excluding hydrogens is 250 g/mol. The zero-order valence-electron chi connectivity index (χ0n) is 10.6. The van der Waals surface area contributed by atoms with Crippen LogP contribution in [0.3, 0.4) is 0 Å². The summed E-state index contributed by atoms with van der Waals surface area (Å²) in [4.78, 5) is 15.0. The lowest BCUT2D eigenvalue weighted by atomic mass is 10.0. The van der Waals surface area contributed by atoms with Crippen molar-refractivity contribution in [2.24, 2.45) is 11.8 Å². The van der Waals surface area contributed by atoms with Crippen LogP contribution in [0.2, 0.25) is 5.28 Å². The molecule has 1 aliphatic carbocycles. The van der Waals surface area contributed by atoms with E-state index in [-0.39, 0.29) is 5.28 Å². The summed E-state index contributed by atoms with van der Waals surface area (Å²) in [6.45, 7) is 4.93. The highest BCUT2D eigenvalue weighted by Gasteiger charge is 2.37. The molecule has 18 heavy (non-hydrogen) atoms. The number of nitrogens with one attached hydrogen (secondary N) is 1. The van der Waals surface area contributed by atoms with Crippen molar-refractivity contribution in [2.45, 2.75) is 26.2 Å². The molecule has 1 saturated carbocycles. The molecule has 0 spiro atoms. The van der Waals surface area contributed by atoms with Crippen LogP contribution in [0.5, 0.6) is 0 Å². The van der Waals surface area contributed by atoms with Crippen LogP contribution in [-0.2, 0) is 0 Å². The first-order valence-electron chi connectivity index (χ1n) is 6.66. The molecule has 1 aromatic heterocycles. The Morgan fingerprint density at radius 1 is 1.22 bits per heavy atom. The molecule has 1 N–H and O–H groups in total. The van der Waals surface area contributed by atoms with Gasteiger partial charge in [-0.3, -0.25) is 0 Å². The molecule has 0 bridgehead atoms. The van der Waals surface area contributed by atoms with Crippen molar-refractivity contribution >= 4 is 23.5 Å². The molecule has 5 nitrogen and oxygen atoms in total. The van der Waals surface area contributed by atoms with Crippen LogP contribution >= 0.6 is 11.6 Å². The van der Waals surface area contributed by atoms with E-state index in [9.17, 15) is 0 Å². The first-order valence-corrected chi connectivity index (χ1v) is 7.04. The summed E-state index contributed by atoms with van der Waals surface area (Å²) in [5, 5.41) is 3.36. The molecule has 6 heteroatoms. The van der Waals surface area contributed by atoms with Crippen LogP contribution in [-0.4, -0.2) is 34.6 Å². The van der Waals surface area contributed by atoms with E-state index in [1.54, 1.807) is 0 Å². The number of fused-ring (bicyclic) bond motifs is 1. The van der Waals surface area contributed by atoms with E-state index in [4.69, 9.17) is 11.6 Å². The van der Waals surface area contributed by atoms with E-state index < -0.39 is 0 Å². The van der Waals surface area contributed by atoms with Crippen LogP contribution in [0.25, 0.3) is 0 Å². The molecule has 1 aliphatic heterocycles. The average Bonchev–Trinajstić information content (AvgIpc) is 2.88. The van der Waals surface area contributed by atoms with Gasteiger partial charge >= 0.3 is 0 Å². The molecule has 1 saturated heterocycles. The second-order valence-electron chi connectivity index (χ2n) is 5.11. The lowest BCUT2D eigenvalue weighted by molar-refractivity contribution is 0.494. The monoisotopic (exact) mass is 267 g/mol. The lowest BCUT2D eigenvalue weighted by Crippen LogP contribution is -2.24. The maximum absolute atomic E-state index is 5.96. The highest BCUT2D eigenvalue weighted by Crippen LogP contribution is 2.38. The highest BCUT2D eigenvalue weighted by atomic mass is 35.5. The molecule has 2 aliphatic rings. The first kappa shape index (κ1) is 12.0. The summed E-state index contributed by atoms with van der Waals surface area (Å²) in [7, 11) is 0. The third kappa shape index (κ3) is 2.23. The standard InChI is InChI=1S/C12H18ClN5/c1-2-14-11-15-10(13)16-12(17-11)18-6-8-4-3-5-9(8)7-18/h8-9H,2-7H2,1H3,(H,14,15,16,17). The number of aromatic nitrogens is 3. The predicted molar refractivity (Wildman–Crippen MR) is 72.0 cm³/mol. The molecule has 98 valence electrons. The average molecular weight is 268 g/mol. The minimum absolute atomic E-state index is 0.271. The first-order chi connectivity index (χ1) is 8.76. The van der Waals surface area contributed by atoms with Gasteiger partial charge in [-0.05, 0) is 43.2 Å². The molecule has 0 radical (unpaired) electrons. The third-order valence-corrected chi connectivity index (χ3v) is 4.11. The Morgan fingerprint density at radius 3 is 2.61 bits per heavy atom. The molecular formula is C12H18ClN5. The second kappa shape index (κ2) is 4.88. The summed E-state index contributed by atoms with van der Waals surface area (Å²) in [6, 6.07) is 0. The van der Waals surface area contributed by atoms with Crippen molar-refractivity contribution in [2.75, 3.05) is 29.9 Å². The van der Waals surface area contributed by atoms with Crippen molar-refractivity contribution < 1.29 is 0 Å². The van der Waals surface area contributed by atoms with Gasteiger partial charge in [0.25, 0.3) is 0 Å². The quantitative estimate of drug-likeness (QED) is 0.910. The van der Waals surface area contributed by atoms with Crippen molar-refractivity contribution in [3.63, 3.8) is 0 Å². The van der Waals surface area contributed by atoms with E-state index in [2.05, 4.69) is 25.2 Å². The molecule has 2 atom stereocenters. The van der Waals surface area contributed by atoms with Crippen molar-refractivity contribution in [1.82, 2.24) is 15.0 Å². The Hall–Kier alpha value is -1.10. The van der Waals surface area contributed by atoms with Crippen molar-refractivity contribution in [1.29, 1.82) is 0 Å². The number of anilines is 2. The second-order valence-corrected chi connectivity index (χ2v) is 5.45. The highest BCUT2D eigenvalue weighted by molar-refractivity contribution is 6.28. The van der Waals surface area contributed by atoms with Crippen LogP contribution in [0.15, 0.2) is 0 Å². The van der Waals surface area contributed by atoms with E-state index in [0.717, 1.165) is 37.4 Å². The minimum Gasteiger partial charge on any atom is -0.354 e. The molecule has 0 aromatic carbocycles. The fraction of sp³-hybridized carbons (Fsp3) is 0.750. The smallest absolute Gasteiger partial charge is 0.231 e. The zero-order chi connectivity index (χ0) is 12.5. The van der Waals surface area contributed by atoms with Gasteiger partial charge in [0.05, 0.1) is 0 Å². The SMILES string of the molecule is CCNc1nc(Cl)nc(N2CC3CCCC3C2)n1. The summed E-state index contributed by atoms with van der Waals surface area (Å²) >= 11 is 5.96. The van der Waals surface area contributed by atoms with Gasteiger partial charge in [-0.1, -0.05) is 6.42 Å². The van der Waals surface area contributed by atoms with Gasteiger partial charge in [-0.15, -0.1) is 0 Å². The third-order valence-electron chi connectivity index (χ3n) is 3.94. The van der Waals surface area contributed by atoms with E-state index in [1.807, 2.05) is 6.92 Å². The van der Waals surface area contributed by atoms with Gasteiger partial charge in [0.2, 0.25) is 17.2 Å². The van der Waals surface area contributed by atoms with E-state index in [1.165, 1.54) is 19.3 Å². The number of rotatable bonds is 3. The van der Waals surface area contributed by atoms with Gasteiger partial charge in [0.15, 0.2) is 0 Å². The van der Waals surface area contributed by atoms with Crippen molar-refractivity contribution in [3.8, 4) is 0 Å². The maximum Gasteiger partial charge on any atom is 0.231 e. The molecule has 0 amide bonds. The number of hydrogen-bond acceptors (Lipinski definition) is 5. The Morgan fingerprint density at radius 2 is 1.94 bits per heavy atom. The Kier molecular flexibility index (Phi) is 3.24. The number of nitrogens with zero attached hydrogens (tertiary/aromatic N) is 4. The summed E-state index contributed by atoms with van der Waals surface area (Å²) in [6.07, 6.45) is 4.07. The molecule has 1 aromatic rings. The number of hydrogen-bond donors (Lipinski definition) is 1. The minimum atomic E-state index is 0.271. The fourth-order valence-corrected chi connectivity index (χ4v) is 3.27. The van der Waals surface area contributed by atoms with Gasteiger partial charge in [-0.25, -0.2) is 0 Å². The van der Waals surface area contributed by atoms with Crippen LogP contribution in [0.1, 0.15) is 26.2 Å². The Bertz CT molecular complexity index is 426. The predicted octanol–water partition coefficient (Wildman–Crippen LogP) is 2.19. The zero-order valence-corrected chi connectivity index (χ0v) is 11.3. The Balaban J connectivity index is 1.79. The molecule has 2 heterocycles. The molecule has 2 unspecified atom stereocenters. The van der Waals surface area contributed by atoms with Gasteiger partial charge in [0.1, 0.15) is 0 Å². The van der Waals surface area contributed by atoms with Crippen LogP contribution in [0.4, 0.5) is 11.9 Å². The van der Waals surface area contributed by atoms with Crippen molar-refractivity contribution in [3.05, 3.63) is 5.28 Å². The van der Waals surface area contributed by atoms with Crippen LogP contribution in [0, 0.1) is 11.8 Å². The topological polar surface area (TPSA) is 53.9 Å². The lowest BCUT2D eigenvalue weighted by Gasteiger charge is -2.17. The largest absolute Gasteiger partial charge is 0.354 e. The summed E-state index contributed by atoms with van der Waals surface area (Å²) in [5.74, 6) is 2.94. The fourth-order valence-electron chi connectivity index (χ4n) is 3.12. The van der Waals surface area contributed by atoms with Gasteiger partial charge in [-0.2, -0.15) is 15.0 Å². The number of halogens is 1. The molecule has 3 rings (SSSR count). The van der Waals surface area contributed by atoms with Gasteiger partial charge in [0, 0.05) is 19.6 Å².